The van der Waals surface area contributed by atoms with E-state index in [0.29, 0.717) is 0 Å². The molecule has 0 aliphatic carbocycles. The quantitative estimate of drug-likeness (QED) is 0.470. The Kier molecular flexibility index (Phi) is 14.8. The van der Waals surface area contributed by atoms with Gasteiger partial charge in [0.15, 0.2) is 0 Å². The number of hydrogen-bond donors (Lipinski definition) is 2. The van der Waals surface area contributed by atoms with Crippen LogP contribution in [0.5, 0.6) is 0 Å². The number of nitrogens with two attached hydrogens (primary N) is 2. The fraction of sp³-hybridized carbons (Fsp3) is 1.00. The molecule has 0 bridgehead atoms. The summed E-state index contributed by atoms with van der Waals surface area (Å²) in [5, 5.41) is 0. The van der Waals surface area contributed by atoms with Crippen molar-refractivity contribution in [1.29, 1.82) is 0 Å². The Balaban J connectivity index is 3.10. The van der Waals surface area contributed by atoms with Crippen molar-refractivity contribution < 1.29 is 0 Å². The second-order valence-corrected chi connectivity index (χ2v) is 5.42. The van der Waals surface area contributed by atoms with Gasteiger partial charge in [-0.25, -0.2) is 0 Å². The van der Waals surface area contributed by atoms with Gasteiger partial charge in [-0.15, -0.1) is 0 Å². The lowest BCUT2D eigenvalue weighted by atomic mass is 10.1. The lowest BCUT2D eigenvalue weighted by Crippen LogP contribution is -2.20. The van der Waals surface area contributed by atoms with E-state index in [1.807, 2.05) is 0 Å². The number of hydrogen-bond acceptors (Lipinski definition) is 3. The molecule has 18 heavy (non-hydrogen) atoms. The van der Waals surface area contributed by atoms with Crippen LogP contribution in [0.3, 0.4) is 0 Å². The van der Waals surface area contributed by atoms with Crippen molar-refractivity contribution in [2.45, 2.75) is 64.2 Å². The minimum Gasteiger partial charge on any atom is -0.330 e. The van der Waals surface area contributed by atoms with Crippen molar-refractivity contribution in [2.24, 2.45) is 11.5 Å². The monoisotopic (exact) mass is 257 g/mol. The smallest absolute Gasteiger partial charge is 0.00218 e. The summed E-state index contributed by atoms with van der Waals surface area (Å²) in [6, 6.07) is 0. The summed E-state index contributed by atoms with van der Waals surface area (Å²) in [7, 11) is 2.25. The number of rotatable bonds is 14. The van der Waals surface area contributed by atoms with E-state index >= 15 is 0 Å². The Morgan fingerprint density at radius 1 is 0.556 bits per heavy atom. The fourth-order valence-electron chi connectivity index (χ4n) is 2.22. The molecule has 0 aliphatic heterocycles. The van der Waals surface area contributed by atoms with Crippen molar-refractivity contribution in [3.8, 4) is 0 Å². The maximum Gasteiger partial charge on any atom is -0.00218 e. The zero-order valence-electron chi connectivity index (χ0n) is 12.5. The van der Waals surface area contributed by atoms with E-state index in [0.717, 1.165) is 13.1 Å². The van der Waals surface area contributed by atoms with Crippen LogP contribution in [0.2, 0.25) is 0 Å². The third-order valence-corrected chi connectivity index (χ3v) is 3.49. The molecule has 0 amide bonds. The summed E-state index contributed by atoms with van der Waals surface area (Å²) in [6.07, 6.45) is 13.1. The van der Waals surface area contributed by atoms with Gasteiger partial charge in [0, 0.05) is 0 Å². The van der Waals surface area contributed by atoms with Gasteiger partial charge < -0.3 is 16.4 Å². The van der Waals surface area contributed by atoms with Crippen molar-refractivity contribution in [2.75, 3.05) is 33.2 Å². The van der Waals surface area contributed by atoms with Crippen LogP contribution in [-0.4, -0.2) is 38.1 Å². The summed E-state index contributed by atoms with van der Waals surface area (Å²) in [5.74, 6) is 0. The summed E-state index contributed by atoms with van der Waals surface area (Å²) in [5.41, 5.74) is 10.9. The van der Waals surface area contributed by atoms with E-state index in [1.165, 1.54) is 77.3 Å². The Bertz CT molecular complexity index is 135. The average molecular weight is 257 g/mol. The van der Waals surface area contributed by atoms with Gasteiger partial charge in [0.25, 0.3) is 0 Å². The van der Waals surface area contributed by atoms with Gasteiger partial charge in [0.05, 0.1) is 0 Å². The second kappa shape index (κ2) is 14.9. The van der Waals surface area contributed by atoms with Crippen LogP contribution in [0.1, 0.15) is 64.2 Å². The van der Waals surface area contributed by atoms with Gasteiger partial charge in [-0.3, -0.25) is 0 Å². The Morgan fingerprint density at radius 3 is 1.28 bits per heavy atom. The number of nitrogens with zero attached hydrogens (tertiary/aromatic N) is 1. The summed E-state index contributed by atoms with van der Waals surface area (Å²) in [6.45, 7) is 4.21. The van der Waals surface area contributed by atoms with Gasteiger partial charge >= 0.3 is 0 Å². The fourth-order valence-corrected chi connectivity index (χ4v) is 2.22. The lowest BCUT2D eigenvalue weighted by molar-refractivity contribution is 0.314. The third kappa shape index (κ3) is 13.9. The maximum absolute atomic E-state index is 5.47. The third-order valence-electron chi connectivity index (χ3n) is 3.49. The van der Waals surface area contributed by atoms with Crippen LogP contribution in [-0.2, 0) is 0 Å². The van der Waals surface area contributed by atoms with E-state index < -0.39 is 0 Å². The van der Waals surface area contributed by atoms with Crippen LogP contribution < -0.4 is 11.5 Å². The molecule has 0 saturated heterocycles. The number of unbranched alkanes of at least 4 members (excludes halogenated alkanes) is 8. The first-order valence-corrected chi connectivity index (χ1v) is 7.90. The molecule has 0 aromatic carbocycles. The highest BCUT2D eigenvalue weighted by atomic mass is 15.1. The Hall–Kier alpha value is -0.120. The zero-order valence-corrected chi connectivity index (χ0v) is 12.5. The molecule has 110 valence electrons. The van der Waals surface area contributed by atoms with Crippen molar-refractivity contribution in [1.82, 2.24) is 4.90 Å². The molecule has 3 nitrogen and oxygen atoms in total. The first-order chi connectivity index (χ1) is 8.81. The molecule has 0 aromatic rings. The Morgan fingerprint density at radius 2 is 0.889 bits per heavy atom. The van der Waals surface area contributed by atoms with Crippen molar-refractivity contribution in [3.63, 3.8) is 0 Å². The molecule has 0 unspecified atom stereocenters. The standard InChI is InChI=1S/C15H35N3/c1-18(14-10-6-2-4-8-12-16)15-11-7-3-5-9-13-17/h2-17H2,1H3. The van der Waals surface area contributed by atoms with Gasteiger partial charge in [-0.2, -0.15) is 0 Å². The molecule has 0 aliphatic rings. The molecule has 4 N–H and O–H groups in total. The van der Waals surface area contributed by atoms with E-state index in [1.54, 1.807) is 0 Å². The van der Waals surface area contributed by atoms with Crippen molar-refractivity contribution in [3.05, 3.63) is 0 Å². The molecule has 0 fully saturated rings. The molecule has 0 rings (SSSR count). The second-order valence-electron chi connectivity index (χ2n) is 5.42. The first kappa shape index (κ1) is 17.9. The highest BCUT2D eigenvalue weighted by Gasteiger charge is 1.98. The van der Waals surface area contributed by atoms with Gasteiger partial charge in [-0.1, -0.05) is 38.5 Å². The van der Waals surface area contributed by atoms with Gasteiger partial charge in [-0.05, 0) is 58.9 Å². The molecule has 0 saturated carbocycles. The largest absolute Gasteiger partial charge is 0.330 e. The van der Waals surface area contributed by atoms with Crippen LogP contribution in [0, 0.1) is 0 Å². The molecule has 0 spiro atoms. The molecule has 0 aromatic heterocycles. The molecular formula is C15H35N3. The predicted octanol–water partition coefficient (Wildman–Crippen LogP) is 2.74. The topological polar surface area (TPSA) is 55.3 Å². The summed E-state index contributed by atoms with van der Waals surface area (Å²) >= 11 is 0. The molecule has 3 heteroatoms. The highest BCUT2D eigenvalue weighted by Crippen LogP contribution is 2.05. The predicted molar refractivity (Wildman–Crippen MR) is 81.8 cm³/mol. The minimum absolute atomic E-state index is 0.851. The zero-order chi connectivity index (χ0) is 13.5. The Labute approximate surface area is 114 Å². The highest BCUT2D eigenvalue weighted by molar-refractivity contribution is 4.54. The van der Waals surface area contributed by atoms with E-state index in [4.69, 9.17) is 11.5 Å². The van der Waals surface area contributed by atoms with Crippen LogP contribution in [0.4, 0.5) is 0 Å². The lowest BCUT2D eigenvalue weighted by Gasteiger charge is -2.16. The maximum atomic E-state index is 5.47. The van der Waals surface area contributed by atoms with Crippen LogP contribution in [0.15, 0.2) is 0 Å². The van der Waals surface area contributed by atoms with Gasteiger partial charge in [0.1, 0.15) is 0 Å². The molecular weight excluding hydrogens is 222 g/mol. The first-order valence-electron chi connectivity index (χ1n) is 7.90. The van der Waals surface area contributed by atoms with Gasteiger partial charge in [0.2, 0.25) is 0 Å². The minimum atomic E-state index is 0.851. The van der Waals surface area contributed by atoms with Crippen LogP contribution in [0.25, 0.3) is 0 Å². The normalized spacial score (nSPS) is 11.3. The molecule has 0 heterocycles. The van der Waals surface area contributed by atoms with Crippen molar-refractivity contribution >= 4 is 0 Å². The summed E-state index contributed by atoms with van der Waals surface area (Å²) in [4.78, 5) is 2.48. The summed E-state index contributed by atoms with van der Waals surface area (Å²) < 4.78 is 0. The van der Waals surface area contributed by atoms with E-state index in [9.17, 15) is 0 Å². The van der Waals surface area contributed by atoms with Crippen LogP contribution >= 0.6 is 0 Å². The molecule has 0 radical (unpaired) electrons. The molecule has 0 atom stereocenters. The van der Waals surface area contributed by atoms with E-state index in [2.05, 4.69) is 11.9 Å². The average Bonchev–Trinajstić information content (AvgIpc) is 2.38. The SMILES string of the molecule is CN(CCCCCCCN)CCCCCCCN. The van der Waals surface area contributed by atoms with E-state index in [-0.39, 0.29) is 0 Å².